The zero-order valence-electron chi connectivity index (χ0n) is 47.7. The van der Waals surface area contributed by atoms with Gasteiger partial charge < -0.3 is 44.9 Å². The highest BCUT2D eigenvalue weighted by molar-refractivity contribution is 6.05. The molecular weight excluding hydrogens is 1050 g/mol. The van der Waals surface area contributed by atoms with Crippen LogP contribution in [0.15, 0.2) is 158 Å². The molecule has 2 saturated heterocycles. The van der Waals surface area contributed by atoms with E-state index in [1.807, 2.05) is 100 Å². The van der Waals surface area contributed by atoms with Crippen molar-refractivity contribution in [3.63, 3.8) is 0 Å². The van der Waals surface area contributed by atoms with Gasteiger partial charge in [0.2, 0.25) is 17.7 Å². The van der Waals surface area contributed by atoms with Gasteiger partial charge in [0.25, 0.3) is 0 Å². The summed E-state index contributed by atoms with van der Waals surface area (Å²) in [6.45, 7) is 5.74. The molecule has 4 atom stereocenters. The Hall–Kier alpha value is -9.38. The number of benzene rings is 6. The van der Waals surface area contributed by atoms with E-state index in [4.69, 9.17) is 29.8 Å². The maximum Gasteiger partial charge on any atom is 0.312 e. The van der Waals surface area contributed by atoms with Crippen LogP contribution in [0.5, 0.6) is 23.0 Å². The Kier molecular flexibility index (Phi) is 16.7. The van der Waals surface area contributed by atoms with E-state index in [0.29, 0.717) is 67.1 Å². The lowest BCUT2D eigenvalue weighted by Crippen LogP contribution is -2.33. The number of nitrogens with two attached hydrogens (primary N) is 1. The van der Waals surface area contributed by atoms with E-state index in [1.54, 1.807) is 56.4 Å². The number of aliphatic carboxylic acids is 1. The van der Waals surface area contributed by atoms with Gasteiger partial charge in [-0.25, -0.2) is 9.36 Å². The minimum absolute atomic E-state index is 0.00117. The fraction of sp³-hybridized carbons (Fsp3) is 0.303. The topological polar surface area (TPSA) is 206 Å². The molecule has 8 aromatic rings. The summed E-state index contributed by atoms with van der Waals surface area (Å²) >= 11 is 0. The van der Waals surface area contributed by atoms with Crippen molar-refractivity contribution in [1.82, 2.24) is 29.4 Å². The summed E-state index contributed by atoms with van der Waals surface area (Å²) in [5.41, 5.74) is 14.7. The van der Waals surface area contributed by atoms with Crippen molar-refractivity contribution >= 4 is 35.3 Å². The number of aryl methyl sites for hydroxylation is 2. The van der Waals surface area contributed by atoms with Crippen LogP contribution in [0.4, 0.5) is 11.6 Å². The Balaban J connectivity index is 0.000000154. The van der Waals surface area contributed by atoms with Gasteiger partial charge >= 0.3 is 5.97 Å². The number of nitrogen functional groups attached to an aromatic ring is 1. The highest BCUT2D eigenvalue weighted by Gasteiger charge is 2.71. The first kappa shape index (κ1) is 56.9. The van der Waals surface area contributed by atoms with Gasteiger partial charge in [0.1, 0.15) is 28.8 Å². The molecule has 0 radical (unpaired) electrons. The largest absolute Gasteiger partial charge is 0.497 e. The summed E-state index contributed by atoms with van der Waals surface area (Å²) in [6, 6.07) is 51.8. The van der Waals surface area contributed by atoms with Gasteiger partial charge in [-0.1, -0.05) is 99.5 Å². The SMILES string of the molecule is CCCc1cccc(-c2cc(N)nn2-c2ccccc2)c1.CCCc1cccc(-c2cc(NC(=O)C34CC3C(=O)N(Cc3ccc(OC)cc3OC)C4)nn2-c2ccccc2)c1.COc1ccc(CN2CC3(C(=O)O)CC3C2=O)c(OC)c1. The number of para-hydroxylation sites is 2. The van der Waals surface area contributed by atoms with Crippen molar-refractivity contribution in [1.29, 1.82) is 0 Å². The summed E-state index contributed by atoms with van der Waals surface area (Å²) in [5.74, 6) is 1.88. The van der Waals surface area contributed by atoms with Gasteiger partial charge in [0.05, 0.1) is 73.9 Å². The number of ether oxygens (including phenoxy) is 4. The molecule has 2 aliphatic heterocycles. The quantitative estimate of drug-likeness (QED) is 0.0692. The number of carboxylic acid groups (broad SMARTS) is 1. The van der Waals surface area contributed by atoms with Crippen LogP contribution in [0.3, 0.4) is 0 Å². The number of anilines is 2. The summed E-state index contributed by atoms with van der Waals surface area (Å²) < 4.78 is 25.0. The Morgan fingerprint density at radius 2 is 1.05 bits per heavy atom. The summed E-state index contributed by atoms with van der Waals surface area (Å²) in [6.07, 6.45) is 5.31. The molecule has 4 aliphatic rings. The van der Waals surface area contributed by atoms with Crippen LogP contribution in [0, 0.1) is 22.7 Å². The van der Waals surface area contributed by atoms with Crippen molar-refractivity contribution in [2.75, 3.05) is 52.6 Å². The summed E-state index contributed by atoms with van der Waals surface area (Å²) in [4.78, 5) is 53.7. The number of hydrogen-bond donors (Lipinski definition) is 3. The van der Waals surface area contributed by atoms with Crippen molar-refractivity contribution in [3.05, 3.63) is 180 Å². The van der Waals surface area contributed by atoms with E-state index in [-0.39, 0.29) is 36.1 Å². The number of rotatable bonds is 19. The maximum absolute atomic E-state index is 13.7. The van der Waals surface area contributed by atoms with Crippen LogP contribution < -0.4 is 30.0 Å². The molecule has 2 saturated carbocycles. The van der Waals surface area contributed by atoms with E-state index in [0.717, 1.165) is 70.7 Å². The Morgan fingerprint density at radius 1 is 0.578 bits per heavy atom. The van der Waals surface area contributed by atoms with Gasteiger partial charge in [0.15, 0.2) is 5.82 Å². The van der Waals surface area contributed by atoms with Gasteiger partial charge in [-0.2, -0.15) is 5.10 Å². The lowest BCUT2D eigenvalue weighted by molar-refractivity contribution is -0.143. The zero-order valence-corrected chi connectivity index (χ0v) is 47.7. The Labute approximate surface area is 483 Å². The summed E-state index contributed by atoms with van der Waals surface area (Å²) in [7, 11) is 6.33. The van der Waals surface area contributed by atoms with E-state index < -0.39 is 16.8 Å². The Bertz CT molecular complexity index is 3660. The fourth-order valence-corrected chi connectivity index (χ4v) is 11.5. The first-order valence-corrected chi connectivity index (χ1v) is 28.0. The molecule has 4 unspecified atom stereocenters. The van der Waals surface area contributed by atoms with E-state index >= 15 is 0 Å². The second kappa shape index (κ2) is 24.4. The lowest BCUT2D eigenvalue weighted by Gasteiger charge is -2.22. The average molecular weight is 1120 g/mol. The van der Waals surface area contributed by atoms with Gasteiger partial charge in [-0.3, -0.25) is 19.2 Å². The molecule has 12 rings (SSSR count). The normalized spacial score (nSPS) is 18.9. The molecule has 0 bridgehead atoms. The highest BCUT2D eigenvalue weighted by Crippen LogP contribution is 2.60. The van der Waals surface area contributed by atoms with E-state index in [1.165, 1.54) is 11.1 Å². The van der Waals surface area contributed by atoms with Crippen LogP contribution in [-0.2, 0) is 45.1 Å². The van der Waals surface area contributed by atoms with Gasteiger partial charge in [-0.05, 0) is 97.5 Å². The van der Waals surface area contributed by atoms with Gasteiger partial charge in [0, 0.05) is 72.7 Å². The number of amides is 3. The number of aromatic nitrogens is 4. The Morgan fingerprint density at radius 3 is 1.52 bits per heavy atom. The van der Waals surface area contributed by atoms with Crippen LogP contribution in [0.25, 0.3) is 33.9 Å². The standard InChI is InChI=1S/C33H34N4O4.C18H19N3.C15H17NO5/c1-4-9-22-10-8-11-23(16-22)28-18-30(35-37(28)25-12-6-5-7-13-25)34-32(39)33-19-27(33)31(38)36(21-33)20-24-14-15-26(40-2)17-29(24)41-3;1-2-7-14-8-6-9-15(12-14)17-13-18(19)20-21(17)16-10-4-3-5-11-16;1-20-10-4-3-9(12(5-10)21-2)7-16-8-15(14(18)19)6-11(15)13(16)17/h5-8,10-18,27H,4,9,19-21H2,1-3H3,(H,34,35,39);3-6,8-13H,2,7H2,1H3,(H2,19,20);3-5,11H,6-8H2,1-2H3,(H,18,19). The molecule has 3 amide bonds. The number of fused-ring (bicyclic) bond motifs is 2. The van der Waals surface area contributed by atoms with Crippen LogP contribution in [0.2, 0.25) is 0 Å². The minimum atomic E-state index is -0.870. The monoisotopic (exact) mass is 1120 g/mol. The number of likely N-dealkylation sites (tertiary alicyclic amines) is 2. The highest BCUT2D eigenvalue weighted by atomic mass is 16.5. The molecule has 6 aromatic carbocycles. The first-order valence-electron chi connectivity index (χ1n) is 28.0. The predicted molar refractivity (Wildman–Crippen MR) is 318 cm³/mol. The molecule has 2 aliphatic carbocycles. The second-order valence-electron chi connectivity index (χ2n) is 21.6. The molecule has 2 aromatic heterocycles. The molecule has 17 nitrogen and oxygen atoms in total. The van der Waals surface area contributed by atoms with Gasteiger partial charge in [-0.15, -0.1) is 5.10 Å². The maximum atomic E-state index is 13.7. The fourth-order valence-electron chi connectivity index (χ4n) is 11.5. The predicted octanol–water partition coefficient (Wildman–Crippen LogP) is 10.7. The molecule has 428 valence electrons. The van der Waals surface area contributed by atoms with Crippen molar-refractivity contribution in [3.8, 4) is 56.9 Å². The molecule has 4 N–H and O–H groups in total. The van der Waals surface area contributed by atoms with Crippen LogP contribution in [0.1, 0.15) is 61.8 Å². The number of carbonyl (C=O) groups is 4. The number of carboxylic acids is 1. The molecular formula is C66H70N8O9. The van der Waals surface area contributed by atoms with Crippen molar-refractivity contribution < 1.29 is 43.2 Å². The van der Waals surface area contributed by atoms with Crippen molar-refractivity contribution in [2.24, 2.45) is 22.7 Å². The molecule has 4 heterocycles. The van der Waals surface area contributed by atoms with Crippen LogP contribution in [-0.4, -0.2) is 99.7 Å². The molecule has 0 spiro atoms. The second-order valence-corrected chi connectivity index (χ2v) is 21.6. The number of carbonyl (C=O) groups excluding carboxylic acids is 3. The number of nitrogens with zero attached hydrogens (tertiary/aromatic N) is 6. The minimum Gasteiger partial charge on any atom is -0.497 e. The van der Waals surface area contributed by atoms with Crippen molar-refractivity contribution in [2.45, 2.75) is 65.5 Å². The van der Waals surface area contributed by atoms with E-state index in [2.05, 4.69) is 72.8 Å². The third-order valence-corrected chi connectivity index (χ3v) is 16.1. The lowest BCUT2D eigenvalue weighted by atomic mass is 10.0. The third-order valence-electron chi connectivity index (χ3n) is 16.1. The number of nitrogens with one attached hydrogen (secondary N) is 1. The number of methoxy groups -OCH3 is 4. The smallest absolute Gasteiger partial charge is 0.312 e. The summed E-state index contributed by atoms with van der Waals surface area (Å²) in [5, 5.41) is 21.5. The third kappa shape index (κ3) is 11.9. The molecule has 83 heavy (non-hydrogen) atoms. The average Bonchev–Trinajstić information content (AvgIpc) is 1.84. The number of piperidine rings is 2. The zero-order chi connectivity index (χ0) is 58.4. The van der Waals surface area contributed by atoms with Crippen LogP contribution >= 0.6 is 0 Å². The first-order chi connectivity index (χ1) is 40.2. The van der Waals surface area contributed by atoms with E-state index in [9.17, 15) is 24.3 Å². The molecule has 4 fully saturated rings. The molecule has 17 heteroatoms. The number of hydrogen-bond acceptors (Lipinski definition) is 11.